The van der Waals surface area contributed by atoms with Gasteiger partial charge in [0.05, 0.1) is 0 Å². The molecule has 1 aromatic rings. The van der Waals surface area contributed by atoms with Gasteiger partial charge in [-0.25, -0.2) is 15.0 Å². The summed E-state index contributed by atoms with van der Waals surface area (Å²) in [5.41, 5.74) is 1.01. The summed E-state index contributed by atoms with van der Waals surface area (Å²) in [7, 11) is 3.46. The van der Waals surface area contributed by atoms with Gasteiger partial charge in [-0.15, -0.1) is 0 Å². The maximum Gasteiger partial charge on any atom is 0.243 e. The van der Waals surface area contributed by atoms with Crippen molar-refractivity contribution in [2.24, 2.45) is 4.99 Å². The van der Waals surface area contributed by atoms with Crippen LogP contribution in [0.4, 0.5) is 5.95 Å². The summed E-state index contributed by atoms with van der Waals surface area (Å²) >= 11 is 0. The monoisotopic (exact) mass is 359 g/mol. The Morgan fingerprint density at radius 1 is 1.35 bits per heavy atom. The fraction of sp³-hybridized carbons (Fsp3) is 0.556. The van der Waals surface area contributed by atoms with Gasteiger partial charge in [0.25, 0.3) is 0 Å². The van der Waals surface area contributed by atoms with Gasteiger partial charge in [-0.1, -0.05) is 12.2 Å². The van der Waals surface area contributed by atoms with Crippen LogP contribution >= 0.6 is 0 Å². The molecule has 1 aliphatic heterocycles. The number of anilines is 1. The number of hydrogen-bond acceptors (Lipinski definition) is 5. The van der Waals surface area contributed by atoms with E-state index in [2.05, 4.69) is 37.1 Å². The highest BCUT2D eigenvalue weighted by atomic mass is 16.2. The number of amides is 1. The highest BCUT2D eigenvalue weighted by Crippen LogP contribution is 2.15. The Kier molecular flexibility index (Phi) is 7.37. The fourth-order valence-corrected chi connectivity index (χ4v) is 2.55. The van der Waals surface area contributed by atoms with Gasteiger partial charge in [-0.3, -0.25) is 4.79 Å². The van der Waals surface area contributed by atoms with Crippen molar-refractivity contribution in [3.8, 4) is 0 Å². The SMILES string of the molecule is C=C(C)CNC(=NCC(=O)N(C)C)NC1CCN(c2ncccn2)CC1. The van der Waals surface area contributed by atoms with E-state index in [0.717, 1.165) is 37.5 Å². The molecule has 0 atom stereocenters. The first kappa shape index (κ1) is 19.7. The molecule has 1 aromatic heterocycles. The number of likely N-dealkylation sites (N-methyl/N-ethyl adjacent to an activating group) is 1. The molecule has 1 fully saturated rings. The number of piperidine rings is 1. The number of guanidine groups is 1. The third-order valence-electron chi connectivity index (χ3n) is 4.10. The predicted octanol–water partition coefficient (Wildman–Crippen LogP) is 0.645. The van der Waals surface area contributed by atoms with Crippen molar-refractivity contribution in [1.82, 2.24) is 25.5 Å². The van der Waals surface area contributed by atoms with Gasteiger partial charge in [-0.05, 0) is 25.8 Å². The molecule has 0 saturated carbocycles. The number of nitrogens with one attached hydrogen (secondary N) is 2. The smallest absolute Gasteiger partial charge is 0.243 e. The van der Waals surface area contributed by atoms with Crippen molar-refractivity contribution in [3.05, 3.63) is 30.6 Å². The van der Waals surface area contributed by atoms with Gasteiger partial charge in [-0.2, -0.15) is 0 Å². The number of carbonyl (C=O) groups excluding carboxylic acids is 1. The van der Waals surface area contributed by atoms with Gasteiger partial charge in [0.2, 0.25) is 11.9 Å². The van der Waals surface area contributed by atoms with Gasteiger partial charge in [0.1, 0.15) is 6.54 Å². The zero-order chi connectivity index (χ0) is 18.9. The molecule has 1 aliphatic rings. The third-order valence-corrected chi connectivity index (χ3v) is 4.10. The Labute approximate surface area is 155 Å². The second-order valence-corrected chi connectivity index (χ2v) is 6.72. The van der Waals surface area contributed by atoms with Gasteiger partial charge < -0.3 is 20.4 Å². The topological polar surface area (TPSA) is 85.8 Å². The number of carbonyl (C=O) groups is 1. The Morgan fingerprint density at radius 2 is 2.00 bits per heavy atom. The Balaban J connectivity index is 1.90. The molecule has 2 heterocycles. The molecule has 8 nitrogen and oxygen atoms in total. The zero-order valence-electron chi connectivity index (χ0n) is 15.9. The second-order valence-electron chi connectivity index (χ2n) is 6.72. The molecular formula is C18H29N7O. The van der Waals surface area contributed by atoms with Crippen LogP contribution in [-0.2, 0) is 4.79 Å². The van der Waals surface area contributed by atoms with E-state index in [0.29, 0.717) is 18.5 Å². The van der Waals surface area contributed by atoms with Crippen LogP contribution in [0, 0.1) is 0 Å². The first-order valence-electron chi connectivity index (χ1n) is 8.87. The molecule has 1 amide bonds. The number of nitrogens with zero attached hydrogens (tertiary/aromatic N) is 5. The van der Waals surface area contributed by atoms with Crippen LogP contribution in [0.1, 0.15) is 19.8 Å². The standard InChI is InChI=1S/C18H29N7O/c1-14(2)12-21-17(22-13-16(26)24(3)4)23-15-6-10-25(11-7-15)18-19-8-5-9-20-18/h5,8-9,15H,1,6-7,10-13H2,2-4H3,(H2,21,22,23). The maximum atomic E-state index is 11.8. The van der Waals surface area contributed by atoms with Gasteiger partial charge in [0, 0.05) is 52.2 Å². The lowest BCUT2D eigenvalue weighted by molar-refractivity contribution is -0.127. The molecule has 1 saturated heterocycles. The molecular weight excluding hydrogens is 330 g/mol. The van der Waals surface area contributed by atoms with E-state index in [9.17, 15) is 4.79 Å². The fourth-order valence-electron chi connectivity index (χ4n) is 2.55. The van der Waals surface area contributed by atoms with E-state index >= 15 is 0 Å². The minimum Gasteiger partial charge on any atom is -0.354 e. The summed E-state index contributed by atoms with van der Waals surface area (Å²) < 4.78 is 0. The normalized spacial score (nSPS) is 15.5. The van der Waals surface area contributed by atoms with E-state index in [1.807, 2.05) is 13.0 Å². The van der Waals surface area contributed by atoms with Crippen LogP contribution in [0.15, 0.2) is 35.6 Å². The average molecular weight is 359 g/mol. The molecule has 0 unspecified atom stereocenters. The van der Waals surface area contributed by atoms with Crippen LogP contribution in [0.3, 0.4) is 0 Å². The predicted molar refractivity (Wildman–Crippen MR) is 104 cm³/mol. The lowest BCUT2D eigenvalue weighted by Crippen LogP contribution is -2.49. The van der Waals surface area contributed by atoms with Crippen molar-refractivity contribution < 1.29 is 4.79 Å². The van der Waals surface area contributed by atoms with Crippen LogP contribution in [-0.4, -0.2) is 73.1 Å². The first-order valence-corrected chi connectivity index (χ1v) is 8.87. The van der Waals surface area contributed by atoms with Crippen LogP contribution < -0.4 is 15.5 Å². The highest BCUT2D eigenvalue weighted by molar-refractivity contribution is 5.85. The molecule has 26 heavy (non-hydrogen) atoms. The summed E-state index contributed by atoms with van der Waals surface area (Å²) in [6.45, 7) is 8.36. The quantitative estimate of drug-likeness (QED) is 0.441. The van der Waals surface area contributed by atoms with E-state index in [-0.39, 0.29) is 12.5 Å². The van der Waals surface area contributed by atoms with Crippen molar-refractivity contribution in [2.75, 3.05) is 45.2 Å². The first-order chi connectivity index (χ1) is 12.5. The van der Waals surface area contributed by atoms with Crippen molar-refractivity contribution in [2.45, 2.75) is 25.8 Å². The zero-order valence-corrected chi connectivity index (χ0v) is 15.9. The third kappa shape index (κ3) is 6.34. The van der Waals surface area contributed by atoms with E-state index in [4.69, 9.17) is 0 Å². The number of hydrogen-bond donors (Lipinski definition) is 2. The lowest BCUT2D eigenvalue weighted by atomic mass is 10.1. The van der Waals surface area contributed by atoms with Crippen molar-refractivity contribution in [3.63, 3.8) is 0 Å². The summed E-state index contributed by atoms with van der Waals surface area (Å²) in [5.74, 6) is 1.40. The Morgan fingerprint density at radius 3 is 2.58 bits per heavy atom. The molecule has 2 N–H and O–H groups in total. The Bertz CT molecular complexity index is 622. The maximum absolute atomic E-state index is 11.8. The molecule has 0 aliphatic carbocycles. The Hall–Kier alpha value is -2.64. The van der Waals surface area contributed by atoms with Crippen molar-refractivity contribution in [1.29, 1.82) is 0 Å². The largest absolute Gasteiger partial charge is 0.354 e. The minimum absolute atomic E-state index is 0.0301. The summed E-state index contributed by atoms with van der Waals surface area (Å²) in [4.78, 5) is 28.6. The van der Waals surface area contributed by atoms with Gasteiger partial charge >= 0.3 is 0 Å². The minimum atomic E-state index is -0.0301. The highest BCUT2D eigenvalue weighted by Gasteiger charge is 2.21. The molecule has 0 aromatic carbocycles. The molecule has 8 heteroatoms. The van der Waals surface area contributed by atoms with Crippen molar-refractivity contribution >= 4 is 17.8 Å². The molecule has 142 valence electrons. The van der Waals surface area contributed by atoms with Crippen LogP contribution in [0.25, 0.3) is 0 Å². The van der Waals surface area contributed by atoms with Crippen LogP contribution in [0.5, 0.6) is 0 Å². The van der Waals surface area contributed by atoms with Crippen LogP contribution in [0.2, 0.25) is 0 Å². The number of rotatable bonds is 6. The molecule has 0 spiro atoms. The number of aromatic nitrogens is 2. The number of aliphatic imine (C=N–C) groups is 1. The lowest BCUT2D eigenvalue weighted by Gasteiger charge is -2.33. The average Bonchev–Trinajstić information content (AvgIpc) is 2.64. The van der Waals surface area contributed by atoms with Gasteiger partial charge in [0.15, 0.2) is 5.96 Å². The van der Waals surface area contributed by atoms with E-state index in [1.54, 1.807) is 26.5 Å². The molecule has 2 rings (SSSR count). The van der Waals surface area contributed by atoms with E-state index < -0.39 is 0 Å². The summed E-state index contributed by atoms with van der Waals surface area (Å²) in [5, 5.41) is 6.67. The summed E-state index contributed by atoms with van der Waals surface area (Å²) in [6.07, 6.45) is 5.43. The molecule has 0 bridgehead atoms. The van der Waals surface area contributed by atoms with E-state index in [1.165, 1.54) is 4.90 Å². The second kappa shape index (κ2) is 9.74. The summed E-state index contributed by atoms with van der Waals surface area (Å²) in [6, 6.07) is 2.11. The molecule has 0 radical (unpaired) electrons.